The summed E-state index contributed by atoms with van der Waals surface area (Å²) in [7, 11) is 3.17. The van der Waals surface area contributed by atoms with Crippen molar-refractivity contribution < 1.29 is 14.3 Å². The Morgan fingerprint density at radius 1 is 1.21 bits per heavy atom. The summed E-state index contributed by atoms with van der Waals surface area (Å²) >= 11 is 3.40. The van der Waals surface area contributed by atoms with Crippen LogP contribution in [0.3, 0.4) is 0 Å². The predicted octanol–water partition coefficient (Wildman–Crippen LogP) is 2.65. The van der Waals surface area contributed by atoms with E-state index in [0.29, 0.717) is 17.1 Å². The molecule has 1 saturated heterocycles. The van der Waals surface area contributed by atoms with E-state index in [1.165, 1.54) is 0 Å². The zero-order valence-corrected chi connectivity index (χ0v) is 12.7. The summed E-state index contributed by atoms with van der Waals surface area (Å²) in [5.41, 5.74) is 0.606. The van der Waals surface area contributed by atoms with Crippen molar-refractivity contribution in [1.82, 2.24) is 5.32 Å². The topological polar surface area (TPSA) is 47.6 Å². The van der Waals surface area contributed by atoms with Crippen molar-refractivity contribution in [2.45, 2.75) is 12.8 Å². The molecule has 0 unspecified atom stereocenters. The standard InChI is InChI=1S/C14H18BrNO3/c1-18-12-8-11(15)13(19-2)7-10(12)14(17)9-3-5-16-6-4-9/h7-9,16H,3-6H2,1-2H3. The van der Waals surface area contributed by atoms with Gasteiger partial charge >= 0.3 is 0 Å². The predicted molar refractivity (Wildman–Crippen MR) is 77.2 cm³/mol. The number of ether oxygens (including phenoxy) is 2. The van der Waals surface area contributed by atoms with Crippen molar-refractivity contribution >= 4 is 21.7 Å². The molecule has 0 saturated carbocycles. The van der Waals surface area contributed by atoms with E-state index in [9.17, 15) is 4.79 Å². The summed E-state index contributed by atoms with van der Waals surface area (Å²) < 4.78 is 11.4. The molecule has 1 heterocycles. The highest BCUT2D eigenvalue weighted by molar-refractivity contribution is 9.10. The lowest BCUT2D eigenvalue weighted by molar-refractivity contribution is 0.0891. The number of carbonyl (C=O) groups is 1. The first-order valence-corrected chi connectivity index (χ1v) is 7.13. The lowest BCUT2D eigenvalue weighted by Gasteiger charge is -2.22. The molecule has 0 aliphatic carbocycles. The van der Waals surface area contributed by atoms with Crippen molar-refractivity contribution in [3.8, 4) is 11.5 Å². The average molecular weight is 328 g/mol. The fourth-order valence-electron chi connectivity index (χ4n) is 2.36. The van der Waals surface area contributed by atoms with Gasteiger partial charge in [0.25, 0.3) is 0 Å². The largest absolute Gasteiger partial charge is 0.496 e. The Balaban J connectivity index is 2.33. The molecule has 0 bridgehead atoms. The van der Waals surface area contributed by atoms with Crippen LogP contribution in [0.1, 0.15) is 23.2 Å². The number of benzene rings is 1. The van der Waals surface area contributed by atoms with E-state index in [4.69, 9.17) is 9.47 Å². The van der Waals surface area contributed by atoms with Gasteiger partial charge in [-0.15, -0.1) is 0 Å². The van der Waals surface area contributed by atoms with Crippen molar-refractivity contribution in [2.24, 2.45) is 5.92 Å². The van der Waals surface area contributed by atoms with Gasteiger partial charge in [-0.25, -0.2) is 0 Å². The minimum atomic E-state index is 0.0704. The molecule has 5 heteroatoms. The van der Waals surface area contributed by atoms with Crippen LogP contribution in [0.2, 0.25) is 0 Å². The van der Waals surface area contributed by atoms with Crippen LogP contribution in [0.15, 0.2) is 16.6 Å². The Labute approximate surface area is 121 Å². The first-order chi connectivity index (χ1) is 9.17. The molecule has 1 aliphatic heterocycles. The Hall–Kier alpha value is -1.07. The smallest absolute Gasteiger partial charge is 0.169 e. The lowest BCUT2D eigenvalue weighted by Crippen LogP contribution is -2.32. The van der Waals surface area contributed by atoms with Crippen LogP contribution in [-0.4, -0.2) is 33.1 Å². The molecule has 19 heavy (non-hydrogen) atoms. The highest BCUT2D eigenvalue weighted by Crippen LogP contribution is 2.34. The van der Waals surface area contributed by atoms with Gasteiger partial charge in [0.2, 0.25) is 0 Å². The van der Waals surface area contributed by atoms with Crippen molar-refractivity contribution in [3.05, 3.63) is 22.2 Å². The highest BCUT2D eigenvalue weighted by Gasteiger charge is 2.25. The van der Waals surface area contributed by atoms with E-state index < -0.39 is 0 Å². The highest BCUT2D eigenvalue weighted by atomic mass is 79.9. The molecule has 0 aromatic heterocycles. The van der Waals surface area contributed by atoms with Gasteiger partial charge in [0.05, 0.1) is 24.3 Å². The molecule has 0 radical (unpaired) electrons. The first kappa shape index (κ1) is 14.3. The molecule has 1 aromatic carbocycles. The number of rotatable bonds is 4. The van der Waals surface area contributed by atoms with Crippen LogP contribution in [0.4, 0.5) is 0 Å². The number of piperidine rings is 1. The SMILES string of the molecule is COc1cc(C(=O)C2CCNCC2)c(OC)cc1Br. The third-order valence-electron chi connectivity index (χ3n) is 3.45. The monoisotopic (exact) mass is 327 g/mol. The van der Waals surface area contributed by atoms with Crippen LogP contribution in [0.5, 0.6) is 11.5 Å². The molecule has 2 rings (SSSR count). The van der Waals surface area contributed by atoms with Crippen LogP contribution in [-0.2, 0) is 0 Å². The number of halogens is 1. The molecule has 0 amide bonds. The van der Waals surface area contributed by atoms with Gasteiger partial charge < -0.3 is 14.8 Å². The van der Waals surface area contributed by atoms with Crippen molar-refractivity contribution in [1.29, 1.82) is 0 Å². The van der Waals surface area contributed by atoms with Crippen LogP contribution in [0.25, 0.3) is 0 Å². The van der Waals surface area contributed by atoms with E-state index in [1.807, 2.05) is 0 Å². The van der Waals surface area contributed by atoms with Gasteiger partial charge in [0.1, 0.15) is 11.5 Å². The van der Waals surface area contributed by atoms with Gasteiger partial charge in [-0.3, -0.25) is 4.79 Å². The number of hydrogen-bond donors (Lipinski definition) is 1. The van der Waals surface area contributed by atoms with E-state index in [-0.39, 0.29) is 11.7 Å². The molecule has 0 atom stereocenters. The first-order valence-electron chi connectivity index (χ1n) is 6.33. The van der Waals surface area contributed by atoms with E-state index in [2.05, 4.69) is 21.2 Å². The molecule has 1 aromatic rings. The Kier molecular flexibility index (Phi) is 4.82. The summed E-state index contributed by atoms with van der Waals surface area (Å²) in [6.07, 6.45) is 1.75. The number of methoxy groups -OCH3 is 2. The summed E-state index contributed by atoms with van der Waals surface area (Å²) in [4.78, 5) is 12.6. The van der Waals surface area contributed by atoms with Crippen molar-refractivity contribution in [2.75, 3.05) is 27.3 Å². The van der Waals surface area contributed by atoms with Gasteiger partial charge in [0, 0.05) is 5.92 Å². The Morgan fingerprint density at radius 2 is 1.84 bits per heavy atom. The van der Waals surface area contributed by atoms with Gasteiger partial charge in [-0.05, 0) is 54.0 Å². The molecule has 0 spiro atoms. The van der Waals surface area contributed by atoms with E-state index >= 15 is 0 Å². The Bertz CT molecular complexity index is 470. The summed E-state index contributed by atoms with van der Waals surface area (Å²) in [5, 5.41) is 3.27. The quantitative estimate of drug-likeness (QED) is 0.864. The number of nitrogens with one attached hydrogen (secondary N) is 1. The van der Waals surface area contributed by atoms with Crippen LogP contribution < -0.4 is 14.8 Å². The zero-order chi connectivity index (χ0) is 13.8. The number of carbonyl (C=O) groups excluding carboxylic acids is 1. The molecular formula is C14H18BrNO3. The molecule has 4 nitrogen and oxygen atoms in total. The van der Waals surface area contributed by atoms with Gasteiger partial charge in [-0.2, -0.15) is 0 Å². The molecule has 1 N–H and O–H groups in total. The number of hydrogen-bond acceptors (Lipinski definition) is 4. The normalized spacial score (nSPS) is 16.2. The average Bonchev–Trinajstić information content (AvgIpc) is 2.47. The lowest BCUT2D eigenvalue weighted by atomic mass is 9.89. The van der Waals surface area contributed by atoms with E-state index in [1.54, 1.807) is 26.4 Å². The molecule has 1 aliphatic rings. The second-order valence-corrected chi connectivity index (χ2v) is 5.43. The van der Waals surface area contributed by atoms with Crippen LogP contribution >= 0.6 is 15.9 Å². The second-order valence-electron chi connectivity index (χ2n) is 4.58. The summed E-state index contributed by atoms with van der Waals surface area (Å²) in [6.45, 7) is 1.79. The number of ketones is 1. The molecule has 104 valence electrons. The summed E-state index contributed by atoms with van der Waals surface area (Å²) in [5.74, 6) is 1.46. The minimum Gasteiger partial charge on any atom is -0.496 e. The molecule has 1 fully saturated rings. The maximum Gasteiger partial charge on any atom is 0.169 e. The summed E-state index contributed by atoms with van der Waals surface area (Å²) in [6, 6.07) is 3.54. The maximum atomic E-state index is 12.6. The van der Waals surface area contributed by atoms with Crippen molar-refractivity contribution in [3.63, 3.8) is 0 Å². The fraction of sp³-hybridized carbons (Fsp3) is 0.500. The maximum absolute atomic E-state index is 12.6. The fourth-order valence-corrected chi connectivity index (χ4v) is 2.84. The van der Waals surface area contributed by atoms with E-state index in [0.717, 1.165) is 30.4 Å². The third-order valence-corrected chi connectivity index (χ3v) is 4.07. The Morgan fingerprint density at radius 3 is 2.42 bits per heavy atom. The van der Waals surface area contributed by atoms with Gasteiger partial charge in [-0.1, -0.05) is 0 Å². The number of Topliss-reactive ketones (excluding diaryl/α,β-unsaturated/α-hetero) is 1. The second kappa shape index (κ2) is 6.39. The third kappa shape index (κ3) is 3.09. The van der Waals surface area contributed by atoms with Crippen LogP contribution in [0, 0.1) is 5.92 Å². The van der Waals surface area contributed by atoms with Gasteiger partial charge in [0.15, 0.2) is 5.78 Å². The zero-order valence-electron chi connectivity index (χ0n) is 11.2. The minimum absolute atomic E-state index is 0.0704. The molecular weight excluding hydrogens is 310 g/mol.